The minimum atomic E-state index is -0.634. The summed E-state index contributed by atoms with van der Waals surface area (Å²) in [7, 11) is 0. The summed E-state index contributed by atoms with van der Waals surface area (Å²) < 4.78 is 10.9. The maximum absolute atomic E-state index is 12.2. The Bertz CT molecular complexity index is 494. The summed E-state index contributed by atoms with van der Waals surface area (Å²) in [4.78, 5) is 24.1. The van der Waals surface area contributed by atoms with E-state index in [0.29, 0.717) is 12.3 Å². The molecule has 104 valence electrons. The molecule has 0 amide bonds. The molecule has 4 heteroatoms. The van der Waals surface area contributed by atoms with Gasteiger partial charge >= 0.3 is 11.9 Å². The lowest BCUT2D eigenvalue weighted by Gasteiger charge is -2.48. The molecule has 2 aliphatic heterocycles. The second-order valence-electron chi connectivity index (χ2n) is 7.78. The van der Waals surface area contributed by atoms with E-state index in [2.05, 4.69) is 20.8 Å². The average Bonchev–Trinajstić information content (AvgIpc) is 2.80. The summed E-state index contributed by atoms with van der Waals surface area (Å²) in [6, 6.07) is 0. The minimum absolute atomic E-state index is 0.0672. The summed E-state index contributed by atoms with van der Waals surface area (Å²) in [5, 5.41) is 0. The molecular weight excluding hydrogens is 244 g/mol. The Morgan fingerprint density at radius 3 is 2.58 bits per heavy atom. The van der Waals surface area contributed by atoms with Crippen molar-refractivity contribution in [3.8, 4) is 0 Å². The summed E-state index contributed by atoms with van der Waals surface area (Å²) in [5.41, 5.74) is -0.278. The maximum atomic E-state index is 12.2. The molecule has 0 aromatic heterocycles. The molecule has 5 atom stereocenters. The van der Waals surface area contributed by atoms with E-state index in [0.717, 1.165) is 19.3 Å². The first-order valence-electron chi connectivity index (χ1n) is 7.21. The first kappa shape index (κ1) is 11.7. The fraction of sp³-hybridized carbons (Fsp3) is 0.867. The highest BCUT2D eigenvalue weighted by molar-refractivity contribution is 5.80. The van der Waals surface area contributed by atoms with Crippen LogP contribution in [-0.2, 0) is 19.1 Å². The van der Waals surface area contributed by atoms with Crippen LogP contribution in [0, 0.1) is 28.1 Å². The first-order valence-corrected chi connectivity index (χ1v) is 7.21. The smallest absolute Gasteiger partial charge is 0.312 e. The number of ether oxygens (including phenoxy) is 2. The predicted molar refractivity (Wildman–Crippen MR) is 65.7 cm³/mol. The van der Waals surface area contributed by atoms with E-state index >= 15 is 0 Å². The SMILES string of the molecule is CC1(C)C[C@]2(C)CC(=O)O[C@@H]3OC(=O)[C@@H]4CC[C@@H]1C342. The molecule has 0 N–H and O–H groups in total. The van der Waals surface area contributed by atoms with Gasteiger partial charge in [0.2, 0.25) is 0 Å². The molecule has 0 aromatic rings. The van der Waals surface area contributed by atoms with Crippen LogP contribution in [0.2, 0.25) is 0 Å². The van der Waals surface area contributed by atoms with Crippen molar-refractivity contribution >= 4 is 11.9 Å². The first-order chi connectivity index (χ1) is 8.81. The van der Waals surface area contributed by atoms with Crippen LogP contribution in [0.4, 0.5) is 0 Å². The molecule has 0 aromatic carbocycles. The van der Waals surface area contributed by atoms with Gasteiger partial charge in [-0.3, -0.25) is 9.59 Å². The lowest BCUT2D eigenvalue weighted by molar-refractivity contribution is -0.228. The minimum Gasteiger partial charge on any atom is -0.424 e. The second kappa shape index (κ2) is 2.99. The molecule has 2 aliphatic carbocycles. The molecule has 0 radical (unpaired) electrons. The van der Waals surface area contributed by atoms with Crippen molar-refractivity contribution in [2.24, 2.45) is 28.1 Å². The van der Waals surface area contributed by atoms with Gasteiger partial charge in [0.1, 0.15) is 0 Å². The molecule has 2 saturated carbocycles. The maximum Gasteiger partial charge on any atom is 0.312 e. The number of carbonyl (C=O) groups is 2. The van der Waals surface area contributed by atoms with E-state index in [4.69, 9.17) is 9.47 Å². The third-order valence-corrected chi connectivity index (χ3v) is 6.40. The Labute approximate surface area is 112 Å². The summed E-state index contributed by atoms with van der Waals surface area (Å²) in [6.07, 6.45) is 2.71. The molecule has 0 bridgehead atoms. The highest BCUT2D eigenvalue weighted by Gasteiger charge is 2.80. The van der Waals surface area contributed by atoms with Gasteiger partial charge in [0.25, 0.3) is 6.29 Å². The van der Waals surface area contributed by atoms with Crippen LogP contribution in [-0.4, -0.2) is 18.2 Å². The third-order valence-electron chi connectivity index (χ3n) is 6.40. The lowest BCUT2D eigenvalue weighted by Crippen LogP contribution is -2.54. The van der Waals surface area contributed by atoms with Gasteiger partial charge in [-0.2, -0.15) is 0 Å². The Balaban J connectivity index is 1.95. The summed E-state index contributed by atoms with van der Waals surface area (Å²) in [6.45, 7) is 6.70. The van der Waals surface area contributed by atoms with Crippen molar-refractivity contribution in [1.82, 2.24) is 0 Å². The molecule has 4 rings (SSSR count). The molecule has 4 nitrogen and oxygen atoms in total. The molecule has 2 saturated heterocycles. The number of hydrogen-bond donors (Lipinski definition) is 0. The van der Waals surface area contributed by atoms with Gasteiger partial charge in [0, 0.05) is 0 Å². The summed E-state index contributed by atoms with van der Waals surface area (Å²) >= 11 is 0. The monoisotopic (exact) mass is 264 g/mol. The molecule has 4 fully saturated rings. The fourth-order valence-corrected chi connectivity index (χ4v) is 6.24. The number of hydrogen-bond acceptors (Lipinski definition) is 4. The largest absolute Gasteiger partial charge is 0.424 e. The highest BCUT2D eigenvalue weighted by atomic mass is 16.7. The molecule has 1 unspecified atom stereocenters. The van der Waals surface area contributed by atoms with Crippen LogP contribution < -0.4 is 0 Å². The Morgan fingerprint density at radius 2 is 1.84 bits per heavy atom. The quantitative estimate of drug-likeness (QED) is 0.630. The topological polar surface area (TPSA) is 52.6 Å². The van der Waals surface area contributed by atoms with Crippen LogP contribution in [0.15, 0.2) is 0 Å². The van der Waals surface area contributed by atoms with Crippen LogP contribution in [0.3, 0.4) is 0 Å². The van der Waals surface area contributed by atoms with E-state index in [1.165, 1.54) is 0 Å². The number of carbonyl (C=O) groups excluding carboxylic acids is 2. The van der Waals surface area contributed by atoms with Gasteiger partial charge in [-0.05, 0) is 36.0 Å². The Morgan fingerprint density at radius 1 is 1.11 bits per heavy atom. The van der Waals surface area contributed by atoms with Crippen molar-refractivity contribution < 1.29 is 19.1 Å². The summed E-state index contributed by atoms with van der Waals surface area (Å²) in [5.74, 6) is -0.0111. The van der Waals surface area contributed by atoms with Crippen LogP contribution in [0.25, 0.3) is 0 Å². The van der Waals surface area contributed by atoms with E-state index in [-0.39, 0.29) is 34.1 Å². The molecule has 4 aliphatic rings. The van der Waals surface area contributed by atoms with Crippen LogP contribution in [0.5, 0.6) is 0 Å². The molecule has 19 heavy (non-hydrogen) atoms. The standard InChI is InChI=1S/C15H20O4/c1-13(2)7-14(3)6-10(16)18-12-15(14)8(11(17)19-12)4-5-9(13)15/h8-9,12H,4-7H2,1-3H3/t8-,9-,12+,14-,15?/m0/s1. The third kappa shape index (κ3) is 1.05. The number of rotatable bonds is 0. The van der Waals surface area contributed by atoms with Crippen LogP contribution in [0.1, 0.15) is 46.5 Å². The van der Waals surface area contributed by atoms with Crippen molar-refractivity contribution in [3.05, 3.63) is 0 Å². The normalized spacial score (nSPS) is 53.5. The average molecular weight is 264 g/mol. The Hall–Kier alpha value is -1.06. The van der Waals surface area contributed by atoms with Gasteiger partial charge in [0.15, 0.2) is 0 Å². The van der Waals surface area contributed by atoms with Crippen molar-refractivity contribution in [2.75, 3.05) is 0 Å². The van der Waals surface area contributed by atoms with Gasteiger partial charge in [-0.25, -0.2) is 0 Å². The second-order valence-corrected chi connectivity index (χ2v) is 7.78. The van der Waals surface area contributed by atoms with E-state index in [1.807, 2.05) is 0 Å². The zero-order valence-electron chi connectivity index (χ0n) is 11.7. The van der Waals surface area contributed by atoms with Gasteiger partial charge < -0.3 is 9.47 Å². The van der Waals surface area contributed by atoms with Crippen molar-refractivity contribution in [3.63, 3.8) is 0 Å². The van der Waals surface area contributed by atoms with E-state index in [1.54, 1.807) is 0 Å². The lowest BCUT2D eigenvalue weighted by atomic mass is 9.58. The Kier molecular flexibility index (Phi) is 1.85. The zero-order chi connectivity index (χ0) is 13.6. The predicted octanol–water partition coefficient (Wildman–Crippen LogP) is 2.27. The van der Waals surface area contributed by atoms with Gasteiger partial charge in [-0.15, -0.1) is 0 Å². The fourth-order valence-electron chi connectivity index (χ4n) is 6.24. The highest BCUT2D eigenvalue weighted by Crippen LogP contribution is 2.77. The van der Waals surface area contributed by atoms with Gasteiger partial charge in [-0.1, -0.05) is 20.8 Å². The van der Waals surface area contributed by atoms with Gasteiger partial charge in [0.05, 0.1) is 17.8 Å². The molecule has 2 heterocycles. The number of esters is 2. The zero-order valence-corrected chi connectivity index (χ0v) is 11.7. The molecule has 1 spiro atoms. The van der Waals surface area contributed by atoms with Crippen LogP contribution >= 0.6 is 0 Å². The van der Waals surface area contributed by atoms with Crippen molar-refractivity contribution in [1.29, 1.82) is 0 Å². The van der Waals surface area contributed by atoms with E-state index < -0.39 is 6.29 Å². The molecular formula is C15H20O4. The van der Waals surface area contributed by atoms with Crippen molar-refractivity contribution in [2.45, 2.75) is 52.7 Å². The van der Waals surface area contributed by atoms with E-state index in [9.17, 15) is 9.59 Å².